The quantitative estimate of drug-likeness (QED) is 0.390. The summed E-state index contributed by atoms with van der Waals surface area (Å²) in [6, 6.07) is 5.66. The van der Waals surface area contributed by atoms with Gasteiger partial charge in [0, 0.05) is 0 Å². The zero-order chi connectivity index (χ0) is 23.6. The van der Waals surface area contributed by atoms with Crippen molar-refractivity contribution in [3.8, 4) is 0 Å². The minimum Gasteiger partial charge on any atom is -0.480 e. The second kappa shape index (κ2) is 9.02. The van der Waals surface area contributed by atoms with Crippen LogP contribution in [0.25, 0.3) is 0 Å². The number of hydrogen-bond donors (Lipinski definition) is 1. The fourth-order valence-corrected chi connectivity index (χ4v) is 4.07. The average molecular weight is 444 g/mol. The third-order valence-electron chi connectivity index (χ3n) is 5.34. The molecule has 0 bridgehead atoms. The zero-order valence-corrected chi connectivity index (χ0v) is 18.6. The van der Waals surface area contributed by atoms with Gasteiger partial charge in [0.1, 0.15) is 24.3 Å². The number of allylic oxidation sites excluding steroid dienone is 1. The van der Waals surface area contributed by atoms with Crippen molar-refractivity contribution in [3.05, 3.63) is 48.0 Å². The van der Waals surface area contributed by atoms with Crippen LogP contribution in [0.5, 0.6) is 0 Å². The van der Waals surface area contributed by atoms with Gasteiger partial charge in [0.25, 0.3) is 0 Å². The summed E-state index contributed by atoms with van der Waals surface area (Å²) >= 11 is 0. The molecule has 2 fully saturated rings. The van der Waals surface area contributed by atoms with Crippen molar-refractivity contribution in [1.82, 2.24) is 9.80 Å². The highest BCUT2D eigenvalue weighted by Crippen LogP contribution is 2.38. The maximum atomic E-state index is 13.2. The van der Waals surface area contributed by atoms with Crippen LogP contribution in [-0.4, -0.2) is 69.2 Å². The smallest absolute Gasteiger partial charge is 0.411 e. The fourth-order valence-electron chi connectivity index (χ4n) is 4.07. The third-order valence-corrected chi connectivity index (χ3v) is 5.34. The Hall–Kier alpha value is -3.36. The molecule has 0 spiro atoms. The van der Waals surface area contributed by atoms with E-state index >= 15 is 0 Å². The molecule has 0 aliphatic carbocycles. The van der Waals surface area contributed by atoms with Crippen molar-refractivity contribution in [2.45, 2.75) is 63.9 Å². The predicted octanol–water partition coefficient (Wildman–Crippen LogP) is 2.52. The predicted molar refractivity (Wildman–Crippen MR) is 113 cm³/mol. The molecule has 4 atom stereocenters. The molecule has 1 aromatic rings. The number of carboxylic acid groups (broad SMARTS) is 1. The first kappa shape index (κ1) is 23.3. The van der Waals surface area contributed by atoms with Gasteiger partial charge < -0.3 is 19.5 Å². The second-order valence-corrected chi connectivity index (χ2v) is 8.76. The molecule has 2 aliphatic rings. The number of β-lactam (4-membered cyclic amide) rings is 1. The van der Waals surface area contributed by atoms with Crippen LogP contribution in [0.15, 0.2) is 42.5 Å². The summed E-state index contributed by atoms with van der Waals surface area (Å²) in [5.74, 6) is -2.59. The molecule has 0 saturated carbocycles. The molecular formula is C23H28N2O7. The molecule has 2 heterocycles. The van der Waals surface area contributed by atoms with Crippen LogP contribution in [-0.2, 0) is 23.9 Å². The molecule has 1 N–H and O–H groups in total. The van der Waals surface area contributed by atoms with E-state index in [1.54, 1.807) is 39.8 Å². The molecule has 2 aliphatic heterocycles. The summed E-state index contributed by atoms with van der Waals surface area (Å²) in [5, 5.41) is 9.76. The lowest BCUT2D eigenvalue weighted by Gasteiger charge is -2.51. The lowest BCUT2D eigenvalue weighted by molar-refractivity contribution is -0.173. The normalized spacial score (nSPS) is 24.3. The van der Waals surface area contributed by atoms with Crippen LogP contribution < -0.4 is 0 Å². The molecule has 3 rings (SSSR count). The van der Waals surface area contributed by atoms with E-state index in [0.717, 1.165) is 10.5 Å². The van der Waals surface area contributed by atoms with Crippen LogP contribution in [0, 0.1) is 0 Å². The molecule has 0 aromatic heterocycles. The van der Waals surface area contributed by atoms with Gasteiger partial charge in [-0.1, -0.05) is 42.5 Å². The third kappa shape index (κ3) is 4.61. The fraction of sp³-hybridized carbons (Fsp3) is 0.478. The molecule has 172 valence electrons. The second-order valence-electron chi connectivity index (χ2n) is 8.76. The van der Waals surface area contributed by atoms with Crippen molar-refractivity contribution in [1.29, 1.82) is 0 Å². The molecule has 0 radical (unpaired) electrons. The number of benzene rings is 1. The van der Waals surface area contributed by atoms with E-state index in [2.05, 4.69) is 0 Å². The van der Waals surface area contributed by atoms with E-state index < -0.39 is 60.1 Å². The monoisotopic (exact) mass is 444 g/mol. The van der Waals surface area contributed by atoms with Gasteiger partial charge in [-0.15, -0.1) is 0 Å². The maximum Gasteiger partial charge on any atom is 0.411 e. The number of esters is 1. The molecular weight excluding hydrogens is 416 g/mol. The molecule has 1 aromatic carbocycles. The number of cyclic esters (lactones) is 1. The first-order valence-electron chi connectivity index (χ1n) is 10.4. The highest BCUT2D eigenvalue weighted by molar-refractivity contribution is 5.97. The lowest BCUT2D eigenvalue weighted by Crippen LogP contribution is -2.73. The van der Waals surface area contributed by atoms with Crippen LogP contribution in [0.4, 0.5) is 4.79 Å². The van der Waals surface area contributed by atoms with Gasteiger partial charge in [0.2, 0.25) is 5.91 Å². The van der Waals surface area contributed by atoms with Gasteiger partial charge in [0.05, 0.1) is 18.5 Å². The van der Waals surface area contributed by atoms with Gasteiger partial charge in [0.15, 0.2) is 0 Å². The summed E-state index contributed by atoms with van der Waals surface area (Å²) in [7, 11) is 0. The van der Waals surface area contributed by atoms with E-state index in [-0.39, 0.29) is 6.61 Å². The molecule has 9 heteroatoms. The number of likely N-dealkylation sites (tertiary alicyclic amines) is 1. The Morgan fingerprint density at radius 1 is 1.25 bits per heavy atom. The first-order valence-corrected chi connectivity index (χ1v) is 10.4. The number of carbonyl (C=O) groups is 4. The summed E-state index contributed by atoms with van der Waals surface area (Å²) in [6.07, 6.45) is 2.21. The summed E-state index contributed by atoms with van der Waals surface area (Å²) < 4.78 is 10.5. The van der Waals surface area contributed by atoms with Crippen molar-refractivity contribution in [3.63, 3.8) is 0 Å². The van der Waals surface area contributed by atoms with Crippen molar-refractivity contribution >= 4 is 23.9 Å². The number of aliphatic carboxylic acids is 1. The lowest BCUT2D eigenvalue weighted by atomic mass is 9.88. The van der Waals surface area contributed by atoms with Crippen LogP contribution in [0.2, 0.25) is 0 Å². The number of carboxylic acids is 1. The first-order chi connectivity index (χ1) is 15.0. The van der Waals surface area contributed by atoms with Gasteiger partial charge >= 0.3 is 18.0 Å². The summed E-state index contributed by atoms with van der Waals surface area (Å²) in [4.78, 5) is 52.5. The van der Waals surface area contributed by atoms with Gasteiger partial charge in [-0.3, -0.25) is 14.5 Å². The molecule has 9 nitrogen and oxygen atoms in total. The van der Waals surface area contributed by atoms with E-state index in [0.29, 0.717) is 0 Å². The number of ether oxygens (including phenoxy) is 2. The van der Waals surface area contributed by atoms with Crippen molar-refractivity contribution < 1.29 is 33.8 Å². The SMILES string of the molecule is CC=C[C@@H]1[C@H](N2C(=O)OC[C@@H]2c2ccccc2)C(=O)N1[C@H](CC(=O)OC(C)(C)C)C(=O)O. The van der Waals surface area contributed by atoms with E-state index in [1.165, 1.54) is 4.90 Å². The topological polar surface area (TPSA) is 113 Å². The number of hydrogen-bond acceptors (Lipinski definition) is 6. The van der Waals surface area contributed by atoms with Gasteiger partial charge in [-0.25, -0.2) is 9.59 Å². The minimum atomic E-state index is -1.41. The molecule has 2 saturated heterocycles. The Morgan fingerprint density at radius 2 is 1.91 bits per heavy atom. The van der Waals surface area contributed by atoms with E-state index in [9.17, 15) is 24.3 Å². The standard InChI is InChI=1S/C23H28N2O7/c1-5-9-15-19(25-17(13-31-22(25)30)14-10-7-6-8-11-14)20(27)24(15)16(21(28)29)12-18(26)32-23(2,3)4/h5-11,15-17,19H,12-13H2,1-4H3,(H,28,29)/t15-,16-,17-,19+/m1/s1. The Balaban J connectivity index is 1.87. The van der Waals surface area contributed by atoms with Crippen molar-refractivity contribution in [2.75, 3.05) is 6.61 Å². The molecule has 0 unspecified atom stereocenters. The number of amides is 2. The Kier molecular flexibility index (Phi) is 6.57. The summed E-state index contributed by atoms with van der Waals surface area (Å²) in [6.45, 7) is 6.86. The Bertz CT molecular complexity index is 922. The number of rotatable bonds is 7. The van der Waals surface area contributed by atoms with Crippen molar-refractivity contribution in [2.24, 2.45) is 0 Å². The highest BCUT2D eigenvalue weighted by atomic mass is 16.6. The molecule has 2 amide bonds. The van der Waals surface area contributed by atoms with E-state index in [4.69, 9.17) is 9.47 Å². The average Bonchev–Trinajstić information content (AvgIpc) is 3.07. The minimum absolute atomic E-state index is 0.0927. The van der Waals surface area contributed by atoms with Gasteiger partial charge in [-0.05, 0) is 33.3 Å². The van der Waals surface area contributed by atoms with Gasteiger partial charge in [-0.2, -0.15) is 0 Å². The Morgan fingerprint density at radius 3 is 2.47 bits per heavy atom. The highest BCUT2D eigenvalue weighted by Gasteiger charge is 2.58. The van der Waals surface area contributed by atoms with Crippen LogP contribution in [0.1, 0.15) is 45.7 Å². The molecule has 32 heavy (non-hydrogen) atoms. The van der Waals surface area contributed by atoms with Crippen LogP contribution in [0.3, 0.4) is 0 Å². The number of carbonyl (C=O) groups excluding carboxylic acids is 3. The number of nitrogens with zero attached hydrogens (tertiary/aromatic N) is 2. The zero-order valence-electron chi connectivity index (χ0n) is 18.6. The summed E-state index contributed by atoms with van der Waals surface area (Å²) in [5.41, 5.74) is 0.0272. The largest absolute Gasteiger partial charge is 0.480 e. The Labute approximate surface area is 186 Å². The van der Waals surface area contributed by atoms with E-state index in [1.807, 2.05) is 30.3 Å². The van der Waals surface area contributed by atoms with Crippen LogP contribution >= 0.6 is 0 Å². The maximum absolute atomic E-state index is 13.2.